The zero-order valence-electron chi connectivity index (χ0n) is 13.6. The highest BCUT2D eigenvalue weighted by molar-refractivity contribution is 6.30. The fourth-order valence-corrected chi connectivity index (χ4v) is 2.67. The highest BCUT2D eigenvalue weighted by atomic mass is 35.5. The van der Waals surface area contributed by atoms with Crippen LogP contribution < -0.4 is 9.47 Å². The van der Waals surface area contributed by atoms with Crippen molar-refractivity contribution in [1.82, 2.24) is 0 Å². The molecule has 1 heterocycles. The number of fused-ring (bicyclic) bond motifs is 1. The Hall–Kier alpha value is -2.52. The maximum absolute atomic E-state index is 12.5. The van der Waals surface area contributed by atoms with Gasteiger partial charge in [0.1, 0.15) is 18.1 Å². The average molecular weight is 341 g/mol. The molecule has 3 rings (SSSR count). The molecule has 24 heavy (non-hydrogen) atoms. The molecule has 1 aliphatic heterocycles. The Kier molecular flexibility index (Phi) is 4.45. The van der Waals surface area contributed by atoms with E-state index in [2.05, 4.69) is 6.58 Å². The molecule has 0 fully saturated rings. The van der Waals surface area contributed by atoms with Crippen LogP contribution in [0, 0.1) is 6.92 Å². The standard InChI is InChI=1S/C20H17ClO3/c1-12(2)11-23-17-8-7-16-19(22)18(24-20(16)13(17)3)10-14-5-4-6-15(21)9-14/h4-10H,1,11H2,2-3H3/b18-10-. The molecule has 2 aromatic carbocycles. The number of rotatable bonds is 4. The summed E-state index contributed by atoms with van der Waals surface area (Å²) in [6, 6.07) is 10.8. The second-order valence-electron chi connectivity index (χ2n) is 5.81. The topological polar surface area (TPSA) is 35.5 Å². The van der Waals surface area contributed by atoms with Crippen LogP contribution in [0.15, 0.2) is 54.3 Å². The van der Waals surface area contributed by atoms with Gasteiger partial charge in [-0.1, -0.05) is 30.3 Å². The molecule has 0 unspecified atom stereocenters. The molecule has 0 bridgehead atoms. The highest BCUT2D eigenvalue weighted by Crippen LogP contribution is 2.39. The van der Waals surface area contributed by atoms with Crippen molar-refractivity contribution < 1.29 is 14.3 Å². The van der Waals surface area contributed by atoms with E-state index in [1.807, 2.05) is 26.0 Å². The Morgan fingerprint density at radius 1 is 1.33 bits per heavy atom. The molecule has 0 spiro atoms. The van der Waals surface area contributed by atoms with Gasteiger partial charge < -0.3 is 9.47 Å². The normalized spacial score (nSPS) is 14.5. The zero-order chi connectivity index (χ0) is 17.3. The number of ether oxygens (including phenoxy) is 2. The number of halogens is 1. The Balaban J connectivity index is 1.92. The Labute approximate surface area is 146 Å². The fraction of sp³-hybridized carbons (Fsp3) is 0.150. The second kappa shape index (κ2) is 6.54. The maximum atomic E-state index is 12.5. The van der Waals surface area contributed by atoms with Crippen molar-refractivity contribution in [3.8, 4) is 11.5 Å². The molecular weight excluding hydrogens is 324 g/mol. The molecule has 2 aromatic rings. The smallest absolute Gasteiger partial charge is 0.231 e. The van der Waals surface area contributed by atoms with Gasteiger partial charge in [-0.2, -0.15) is 0 Å². The van der Waals surface area contributed by atoms with Crippen molar-refractivity contribution in [3.63, 3.8) is 0 Å². The molecule has 0 aromatic heterocycles. The van der Waals surface area contributed by atoms with Gasteiger partial charge in [0.25, 0.3) is 0 Å². The van der Waals surface area contributed by atoms with Crippen LogP contribution in [0.5, 0.6) is 11.5 Å². The number of benzene rings is 2. The van der Waals surface area contributed by atoms with Crippen LogP contribution in [0.25, 0.3) is 6.08 Å². The molecule has 0 atom stereocenters. The minimum absolute atomic E-state index is 0.139. The van der Waals surface area contributed by atoms with Crippen LogP contribution in [-0.4, -0.2) is 12.4 Å². The lowest BCUT2D eigenvalue weighted by Crippen LogP contribution is -2.00. The first-order chi connectivity index (χ1) is 11.5. The summed E-state index contributed by atoms with van der Waals surface area (Å²) in [5.41, 5.74) is 3.09. The van der Waals surface area contributed by atoms with Crippen LogP contribution in [0.2, 0.25) is 5.02 Å². The molecular formula is C20H17ClO3. The second-order valence-corrected chi connectivity index (χ2v) is 6.24. The van der Waals surface area contributed by atoms with E-state index >= 15 is 0 Å². The quantitative estimate of drug-likeness (QED) is 0.565. The van der Waals surface area contributed by atoms with Gasteiger partial charge in [0.2, 0.25) is 5.78 Å². The van der Waals surface area contributed by atoms with Gasteiger partial charge >= 0.3 is 0 Å². The Morgan fingerprint density at radius 3 is 2.83 bits per heavy atom. The third kappa shape index (κ3) is 3.22. The highest BCUT2D eigenvalue weighted by Gasteiger charge is 2.30. The summed E-state index contributed by atoms with van der Waals surface area (Å²) in [6.07, 6.45) is 1.70. The van der Waals surface area contributed by atoms with Gasteiger partial charge in [-0.25, -0.2) is 0 Å². The van der Waals surface area contributed by atoms with Gasteiger partial charge in [-0.05, 0) is 55.3 Å². The summed E-state index contributed by atoms with van der Waals surface area (Å²) in [5.74, 6) is 1.38. The fourth-order valence-electron chi connectivity index (χ4n) is 2.47. The van der Waals surface area contributed by atoms with E-state index in [4.69, 9.17) is 21.1 Å². The number of carbonyl (C=O) groups is 1. The minimum atomic E-state index is -0.139. The Bertz CT molecular complexity index is 865. The van der Waals surface area contributed by atoms with Crippen molar-refractivity contribution in [2.75, 3.05) is 6.61 Å². The predicted molar refractivity (Wildman–Crippen MR) is 95.9 cm³/mol. The van der Waals surface area contributed by atoms with Crippen LogP contribution in [0.1, 0.15) is 28.4 Å². The molecule has 0 aliphatic carbocycles. The van der Waals surface area contributed by atoms with Gasteiger partial charge in [-0.3, -0.25) is 4.79 Å². The van der Waals surface area contributed by atoms with Crippen LogP contribution in [-0.2, 0) is 0 Å². The van der Waals surface area contributed by atoms with Crippen molar-refractivity contribution in [2.45, 2.75) is 13.8 Å². The summed E-state index contributed by atoms with van der Waals surface area (Å²) in [4.78, 5) is 12.5. The molecule has 3 nitrogen and oxygen atoms in total. The van der Waals surface area contributed by atoms with Gasteiger partial charge in [-0.15, -0.1) is 0 Å². The number of carbonyl (C=O) groups excluding carboxylic acids is 1. The summed E-state index contributed by atoms with van der Waals surface area (Å²) in [5, 5.41) is 0.610. The van der Waals surface area contributed by atoms with Crippen LogP contribution in [0.3, 0.4) is 0 Å². The van der Waals surface area contributed by atoms with E-state index in [-0.39, 0.29) is 11.5 Å². The lowest BCUT2D eigenvalue weighted by atomic mass is 10.1. The number of Topliss-reactive ketones (excluding diaryl/α,β-unsaturated/α-hetero) is 1. The summed E-state index contributed by atoms with van der Waals surface area (Å²) in [7, 11) is 0. The molecule has 0 saturated heterocycles. The van der Waals surface area contributed by atoms with Crippen molar-refractivity contribution in [2.24, 2.45) is 0 Å². The van der Waals surface area contributed by atoms with Gasteiger partial charge in [0.15, 0.2) is 5.76 Å². The molecule has 0 radical (unpaired) electrons. The number of hydrogen-bond acceptors (Lipinski definition) is 3. The van der Waals surface area contributed by atoms with E-state index in [0.717, 1.165) is 16.7 Å². The molecule has 0 amide bonds. The molecule has 0 N–H and O–H groups in total. The first-order valence-electron chi connectivity index (χ1n) is 7.56. The predicted octanol–water partition coefficient (Wildman–Crippen LogP) is 5.22. The number of hydrogen-bond donors (Lipinski definition) is 0. The van der Waals surface area contributed by atoms with E-state index in [9.17, 15) is 4.79 Å². The molecule has 4 heteroatoms. The van der Waals surface area contributed by atoms with E-state index in [0.29, 0.717) is 28.7 Å². The lowest BCUT2D eigenvalue weighted by Gasteiger charge is -2.11. The lowest BCUT2D eigenvalue weighted by molar-refractivity contribution is 0.101. The largest absolute Gasteiger partial charge is 0.489 e. The van der Waals surface area contributed by atoms with Crippen LogP contribution in [0.4, 0.5) is 0 Å². The van der Waals surface area contributed by atoms with Crippen molar-refractivity contribution >= 4 is 23.5 Å². The molecule has 122 valence electrons. The van der Waals surface area contributed by atoms with Gasteiger partial charge in [0.05, 0.1) is 5.56 Å². The Morgan fingerprint density at radius 2 is 2.12 bits per heavy atom. The molecule has 0 saturated carbocycles. The third-order valence-corrected chi connectivity index (χ3v) is 3.89. The number of allylic oxidation sites excluding steroid dienone is 1. The average Bonchev–Trinajstić information content (AvgIpc) is 2.84. The van der Waals surface area contributed by atoms with E-state index in [1.54, 1.807) is 30.3 Å². The van der Waals surface area contributed by atoms with E-state index < -0.39 is 0 Å². The summed E-state index contributed by atoms with van der Waals surface area (Å²) in [6.45, 7) is 8.02. The SMILES string of the molecule is C=C(C)COc1ccc2c(c1C)O/C(=C\c1cccc(Cl)c1)C2=O. The first-order valence-corrected chi connectivity index (χ1v) is 7.94. The van der Waals surface area contributed by atoms with E-state index in [1.165, 1.54) is 0 Å². The van der Waals surface area contributed by atoms with Crippen molar-refractivity contribution in [1.29, 1.82) is 0 Å². The summed E-state index contributed by atoms with van der Waals surface area (Å²) >= 11 is 5.98. The zero-order valence-corrected chi connectivity index (χ0v) is 14.3. The summed E-state index contributed by atoms with van der Waals surface area (Å²) < 4.78 is 11.5. The van der Waals surface area contributed by atoms with Gasteiger partial charge in [0, 0.05) is 10.6 Å². The molecule has 1 aliphatic rings. The third-order valence-electron chi connectivity index (χ3n) is 3.66. The van der Waals surface area contributed by atoms with Crippen LogP contribution >= 0.6 is 11.6 Å². The minimum Gasteiger partial charge on any atom is -0.489 e. The first kappa shape index (κ1) is 16.3. The number of ketones is 1. The maximum Gasteiger partial charge on any atom is 0.231 e. The van der Waals surface area contributed by atoms with Crippen molar-refractivity contribution in [3.05, 3.63) is 76.0 Å². The monoisotopic (exact) mass is 340 g/mol.